The van der Waals surface area contributed by atoms with E-state index in [1.54, 1.807) is 14.1 Å². The highest BCUT2D eigenvalue weighted by Crippen LogP contribution is 2.18. The molecule has 0 bridgehead atoms. The van der Waals surface area contributed by atoms with Gasteiger partial charge >= 0.3 is 0 Å². The zero-order chi connectivity index (χ0) is 12.1. The summed E-state index contributed by atoms with van der Waals surface area (Å²) in [7, 11) is 3.47. The first-order chi connectivity index (χ1) is 7.60. The highest BCUT2D eigenvalue weighted by molar-refractivity contribution is 5.99. The van der Waals surface area contributed by atoms with Crippen molar-refractivity contribution >= 4 is 11.6 Å². The van der Waals surface area contributed by atoms with Crippen molar-refractivity contribution in [2.75, 3.05) is 32.6 Å². The third kappa shape index (κ3) is 2.73. The summed E-state index contributed by atoms with van der Waals surface area (Å²) in [5, 5.41) is 11.8. The number of benzene rings is 1. The summed E-state index contributed by atoms with van der Waals surface area (Å²) in [5.74, 6) is -0.0814. The number of aryl methyl sites for hydroxylation is 1. The van der Waals surface area contributed by atoms with Crippen LogP contribution in [0.15, 0.2) is 18.2 Å². The second-order valence-electron chi connectivity index (χ2n) is 3.75. The Hall–Kier alpha value is -1.55. The van der Waals surface area contributed by atoms with E-state index in [9.17, 15) is 4.79 Å². The van der Waals surface area contributed by atoms with Crippen molar-refractivity contribution in [3.63, 3.8) is 0 Å². The van der Waals surface area contributed by atoms with E-state index in [-0.39, 0.29) is 12.5 Å². The van der Waals surface area contributed by atoms with Crippen LogP contribution in [0.5, 0.6) is 0 Å². The number of hydrogen-bond acceptors (Lipinski definition) is 3. The lowest BCUT2D eigenvalue weighted by molar-refractivity contribution is 0.0768. The molecule has 0 aromatic heterocycles. The van der Waals surface area contributed by atoms with Gasteiger partial charge in [0.05, 0.1) is 12.2 Å². The zero-order valence-corrected chi connectivity index (χ0v) is 9.95. The SMILES string of the molecule is CNc1ccc(C)cc1C(=O)N(C)CCO. The van der Waals surface area contributed by atoms with Crippen molar-refractivity contribution in [2.45, 2.75) is 6.92 Å². The van der Waals surface area contributed by atoms with Gasteiger partial charge in [0.2, 0.25) is 0 Å². The van der Waals surface area contributed by atoms with Gasteiger partial charge < -0.3 is 15.3 Å². The first kappa shape index (κ1) is 12.5. The molecule has 0 aliphatic rings. The van der Waals surface area contributed by atoms with Crippen LogP contribution in [-0.2, 0) is 0 Å². The molecule has 0 radical (unpaired) electrons. The summed E-state index contributed by atoms with van der Waals surface area (Å²) in [6.45, 7) is 2.27. The van der Waals surface area contributed by atoms with Gasteiger partial charge in [-0.1, -0.05) is 11.6 Å². The molecule has 88 valence electrons. The Balaban J connectivity index is 3.01. The predicted molar refractivity (Wildman–Crippen MR) is 64.8 cm³/mol. The summed E-state index contributed by atoms with van der Waals surface area (Å²) >= 11 is 0. The minimum absolute atomic E-state index is 0.0249. The molecule has 0 aliphatic carbocycles. The van der Waals surface area contributed by atoms with Crippen molar-refractivity contribution in [1.82, 2.24) is 4.90 Å². The third-order valence-corrected chi connectivity index (χ3v) is 2.46. The van der Waals surface area contributed by atoms with Gasteiger partial charge in [0, 0.05) is 26.3 Å². The van der Waals surface area contributed by atoms with Gasteiger partial charge in [-0.15, -0.1) is 0 Å². The molecule has 0 fully saturated rings. The van der Waals surface area contributed by atoms with E-state index < -0.39 is 0 Å². The lowest BCUT2D eigenvalue weighted by atomic mass is 10.1. The first-order valence-corrected chi connectivity index (χ1v) is 5.25. The van der Waals surface area contributed by atoms with E-state index >= 15 is 0 Å². The van der Waals surface area contributed by atoms with Crippen LogP contribution in [-0.4, -0.2) is 43.2 Å². The number of likely N-dealkylation sites (N-methyl/N-ethyl adjacent to an activating group) is 1. The number of nitrogens with zero attached hydrogens (tertiary/aromatic N) is 1. The van der Waals surface area contributed by atoms with Crippen molar-refractivity contribution in [2.24, 2.45) is 0 Å². The zero-order valence-electron chi connectivity index (χ0n) is 9.95. The Kier molecular flexibility index (Phi) is 4.31. The van der Waals surface area contributed by atoms with Gasteiger partial charge in [-0.25, -0.2) is 0 Å². The number of carbonyl (C=O) groups is 1. The molecule has 1 aromatic carbocycles. The number of anilines is 1. The molecule has 0 unspecified atom stereocenters. The van der Waals surface area contributed by atoms with Crippen LogP contribution in [0.2, 0.25) is 0 Å². The van der Waals surface area contributed by atoms with E-state index in [4.69, 9.17) is 5.11 Å². The van der Waals surface area contributed by atoms with Crippen LogP contribution in [0, 0.1) is 6.92 Å². The average Bonchev–Trinajstić information content (AvgIpc) is 2.28. The van der Waals surface area contributed by atoms with Gasteiger partial charge in [-0.3, -0.25) is 4.79 Å². The van der Waals surface area contributed by atoms with E-state index in [1.807, 2.05) is 25.1 Å². The van der Waals surface area contributed by atoms with Crippen molar-refractivity contribution < 1.29 is 9.90 Å². The molecule has 2 N–H and O–H groups in total. The molecule has 16 heavy (non-hydrogen) atoms. The monoisotopic (exact) mass is 222 g/mol. The number of aliphatic hydroxyl groups is 1. The minimum Gasteiger partial charge on any atom is -0.395 e. The summed E-state index contributed by atoms with van der Waals surface area (Å²) in [5.41, 5.74) is 2.48. The quantitative estimate of drug-likeness (QED) is 0.802. The molecule has 1 amide bonds. The normalized spacial score (nSPS) is 10.0. The highest BCUT2D eigenvalue weighted by atomic mass is 16.3. The predicted octanol–water partition coefficient (Wildman–Crippen LogP) is 1.10. The molecular weight excluding hydrogens is 204 g/mol. The second-order valence-corrected chi connectivity index (χ2v) is 3.75. The summed E-state index contributed by atoms with van der Waals surface area (Å²) in [6.07, 6.45) is 0. The Morgan fingerprint density at radius 1 is 1.50 bits per heavy atom. The highest BCUT2D eigenvalue weighted by Gasteiger charge is 2.14. The molecule has 1 aromatic rings. The maximum atomic E-state index is 12.0. The fourth-order valence-electron chi connectivity index (χ4n) is 1.51. The summed E-state index contributed by atoms with van der Waals surface area (Å²) in [6, 6.07) is 5.69. The molecule has 0 heterocycles. The second kappa shape index (κ2) is 5.51. The smallest absolute Gasteiger partial charge is 0.255 e. The lowest BCUT2D eigenvalue weighted by Crippen LogP contribution is -2.30. The molecule has 0 aliphatic heterocycles. The standard InChI is InChI=1S/C12H18N2O2/c1-9-4-5-11(13-2)10(8-9)12(16)14(3)6-7-15/h4-5,8,13,15H,6-7H2,1-3H3. The lowest BCUT2D eigenvalue weighted by Gasteiger charge is -2.18. The van der Waals surface area contributed by atoms with Crippen LogP contribution in [0.1, 0.15) is 15.9 Å². The van der Waals surface area contributed by atoms with Crippen LogP contribution in [0.3, 0.4) is 0 Å². The Labute approximate surface area is 95.9 Å². The first-order valence-electron chi connectivity index (χ1n) is 5.25. The molecule has 0 atom stereocenters. The number of amides is 1. The van der Waals surface area contributed by atoms with Crippen molar-refractivity contribution in [3.05, 3.63) is 29.3 Å². The molecule has 0 spiro atoms. The topological polar surface area (TPSA) is 52.6 Å². The molecule has 4 nitrogen and oxygen atoms in total. The fourth-order valence-corrected chi connectivity index (χ4v) is 1.51. The molecule has 0 saturated carbocycles. The average molecular weight is 222 g/mol. The number of carbonyl (C=O) groups excluding carboxylic acids is 1. The van der Waals surface area contributed by atoms with Crippen LogP contribution >= 0.6 is 0 Å². The van der Waals surface area contributed by atoms with Crippen molar-refractivity contribution in [1.29, 1.82) is 0 Å². The Bertz CT molecular complexity index is 377. The number of hydrogen-bond donors (Lipinski definition) is 2. The Morgan fingerprint density at radius 3 is 2.75 bits per heavy atom. The van der Waals surface area contributed by atoms with Gasteiger partial charge in [0.1, 0.15) is 0 Å². The number of aliphatic hydroxyl groups excluding tert-OH is 1. The van der Waals surface area contributed by atoms with Gasteiger partial charge in [-0.2, -0.15) is 0 Å². The Morgan fingerprint density at radius 2 is 2.19 bits per heavy atom. The van der Waals surface area contributed by atoms with E-state index in [0.29, 0.717) is 12.1 Å². The van der Waals surface area contributed by atoms with E-state index in [2.05, 4.69) is 5.32 Å². The molecular formula is C12H18N2O2. The van der Waals surface area contributed by atoms with E-state index in [0.717, 1.165) is 11.3 Å². The molecule has 1 rings (SSSR count). The molecule has 4 heteroatoms. The third-order valence-electron chi connectivity index (χ3n) is 2.46. The largest absolute Gasteiger partial charge is 0.395 e. The number of nitrogens with one attached hydrogen (secondary N) is 1. The summed E-state index contributed by atoms with van der Waals surface area (Å²) < 4.78 is 0. The van der Waals surface area contributed by atoms with Gasteiger partial charge in [0.25, 0.3) is 5.91 Å². The van der Waals surface area contributed by atoms with Crippen LogP contribution < -0.4 is 5.32 Å². The van der Waals surface area contributed by atoms with E-state index in [1.165, 1.54) is 4.90 Å². The van der Waals surface area contributed by atoms with Crippen LogP contribution in [0.4, 0.5) is 5.69 Å². The summed E-state index contributed by atoms with van der Waals surface area (Å²) in [4.78, 5) is 13.6. The number of rotatable bonds is 4. The van der Waals surface area contributed by atoms with Crippen LogP contribution in [0.25, 0.3) is 0 Å². The van der Waals surface area contributed by atoms with Gasteiger partial charge in [-0.05, 0) is 19.1 Å². The molecule has 0 saturated heterocycles. The maximum absolute atomic E-state index is 12.0. The minimum atomic E-state index is -0.0814. The fraction of sp³-hybridized carbons (Fsp3) is 0.417. The van der Waals surface area contributed by atoms with Crippen molar-refractivity contribution in [3.8, 4) is 0 Å². The van der Waals surface area contributed by atoms with Gasteiger partial charge in [0.15, 0.2) is 0 Å². The maximum Gasteiger partial charge on any atom is 0.255 e.